The average molecular weight is 246 g/mol. The van der Waals surface area contributed by atoms with E-state index in [-0.39, 0.29) is 5.91 Å². The molecular weight excluding hydrogens is 232 g/mol. The lowest BCUT2D eigenvalue weighted by Crippen LogP contribution is -2.40. The molecule has 0 fully saturated rings. The van der Waals surface area contributed by atoms with Crippen molar-refractivity contribution in [2.75, 3.05) is 0 Å². The molecular formula is C13H14N2OS. The van der Waals surface area contributed by atoms with E-state index >= 15 is 0 Å². The number of carbonyl (C=O) groups is 1. The van der Waals surface area contributed by atoms with Gasteiger partial charge in [0.2, 0.25) is 0 Å². The highest BCUT2D eigenvalue weighted by atomic mass is 32.1. The van der Waals surface area contributed by atoms with Gasteiger partial charge in [0.15, 0.2) is 0 Å². The molecule has 3 nitrogen and oxygen atoms in total. The summed E-state index contributed by atoms with van der Waals surface area (Å²) >= 11 is 1.44. The van der Waals surface area contributed by atoms with Gasteiger partial charge in [-0.05, 0) is 36.9 Å². The Balaban J connectivity index is 2.15. The van der Waals surface area contributed by atoms with Crippen molar-refractivity contribution >= 4 is 17.2 Å². The van der Waals surface area contributed by atoms with Crippen LogP contribution in [-0.2, 0) is 5.54 Å². The fourth-order valence-corrected chi connectivity index (χ4v) is 2.18. The molecule has 0 aromatic carbocycles. The van der Waals surface area contributed by atoms with Crippen LogP contribution in [0.4, 0.5) is 0 Å². The van der Waals surface area contributed by atoms with Crippen molar-refractivity contribution in [3.63, 3.8) is 0 Å². The van der Waals surface area contributed by atoms with Crippen LogP contribution in [0.1, 0.15) is 29.1 Å². The SMILES string of the molecule is CC(C)(NC(=O)c1cccs1)c1cccnc1. The fraction of sp³-hybridized carbons (Fsp3) is 0.231. The van der Waals surface area contributed by atoms with Gasteiger partial charge in [0.1, 0.15) is 0 Å². The van der Waals surface area contributed by atoms with E-state index in [2.05, 4.69) is 10.3 Å². The van der Waals surface area contributed by atoms with Gasteiger partial charge in [-0.1, -0.05) is 12.1 Å². The highest BCUT2D eigenvalue weighted by Gasteiger charge is 2.23. The molecule has 4 heteroatoms. The van der Waals surface area contributed by atoms with Crippen molar-refractivity contribution in [2.45, 2.75) is 19.4 Å². The summed E-state index contributed by atoms with van der Waals surface area (Å²) in [7, 11) is 0. The normalized spacial score (nSPS) is 11.2. The van der Waals surface area contributed by atoms with Gasteiger partial charge in [-0.2, -0.15) is 0 Å². The zero-order valence-corrected chi connectivity index (χ0v) is 10.6. The number of hydrogen-bond acceptors (Lipinski definition) is 3. The zero-order valence-electron chi connectivity index (χ0n) is 9.81. The lowest BCUT2D eigenvalue weighted by molar-refractivity contribution is 0.0916. The van der Waals surface area contributed by atoms with Crippen LogP contribution in [0, 0.1) is 0 Å². The van der Waals surface area contributed by atoms with Crippen LogP contribution in [0.5, 0.6) is 0 Å². The molecule has 0 unspecified atom stereocenters. The zero-order chi connectivity index (χ0) is 12.3. The summed E-state index contributed by atoms with van der Waals surface area (Å²) < 4.78 is 0. The average Bonchev–Trinajstić information content (AvgIpc) is 2.83. The number of hydrogen-bond donors (Lipinski definition) is 1. The second kappa shape index (κ2) is 4.67. The van der Waals surface area contributed by atoms with Gasteiger partial charge in [-0.15, -0.1) is 11.3 Å². The highest BCUT2D eigenvalue weighted by molar-refractivity contribution is 7.12. The third kappa shape index (κ3) is 2.71. The standard InChI is InChI=1S/C13H14N2OS/c1-13(2,10-5-3-7-14-9-10)15-12(16)11-6-4-8-17-11/h3-9H,1-2H3,(H,15,16). The molecule has 0 spiro atoms. The van der Waals surface area contributed by atoms with Crippen LogP contribution in [-0.4, -0.2) is 10.9 Å². The summed E-state index contributed by atoms with van der Waals surface area (Å²) in [5.74, 6) is -0.0474. The van der Waals surface area contributed by atoms with E-state index in [0.29, 0.717) is 0 Å². The molecule has 0 saturated heterocycles. The number of pyridine rings is 1. The Morgan fingerprint density at radius 2 is 2.18 bits per heavy atom. The predicted octanol–water partition coefficient (Wildman–Crippen LogP) is 2.81. The van der Waals surface area contributed by atoms with Gasteiger partial charge in [0.25, 0.3) is 5.91 Å². The molecule has 0 bridgehead atoms. The van der Waals surface area contributed by atoms with Crippen LogP contribution >= 0.6 is 11.3 Å². The number of carbonyl (C=O) groups excluding carboxylic acids is 1. The van der Waals surface area contributed by atoms with E-state index in [1.807, 2.05) is 43.5 Å². The molecule has 0 saturated carbocycles. The third-order valence-corrected chi connectivity index (χ3v) is 3.42. The molecule has 2 rings (SSSR count). The van der Waals surface area contributed by atoms with Gasteiger partial charge in [-0.25, -0.2) is 0 Å². The van der Waals surface area contributed by atoms with Crippen LogP contribution < -0.4 is 5.32 Å². The smallest absolute Gasteiger partial charge is 0.262 e. The molecule has 0 radical (unpaired) electrons. The minimum atomic E-state index is -0.421. The summed E-state index contributed by atoms with van der Waals surface area (Å²) in [6, 6.07) is 7.52. The van der Waals surface area contributed by atoms with Gasteiger partial charge in [0, 0.05) is 12.4 Å². The van der Waals surface area contributed by atoms with E-state index < -0.39 is 5.54 Å². The second-order valence-electron chi connectivity index (χ2n) is 4.30. The number of nitrogens with zero attached hydrogens (tertiary/aromatic N) is 1. The van der Waals surface area contributed by atoms with Crippen molar-refractivity contribution in [3.8, 4) is 0 Å². The molecule has 88 valence electrons. The summed E-state index contributed by atoms with van der Waals surface area (Å²) in [6.45, 7) is 3.94. The van der Waals surface area contributed by atoms with Gasteiger partial charge >= 0.3 is 0 Å². The highest BCUT2D eigenvalue weighted by Crippen LogP contribution is 2.20. The molecule has 17 heavy (non-hydrogen) atoms. The first kappa shape index (κ1) is 11.8. The lowest BCUT2D eigenvalue weighted by Gasteiger charge is -2.26. The number of amides is 1. The molecule has 0 atom stereocenters. The van der Waals surface area contributed by atoms with E-state index in [1.54, 1.807) is 12.4 Å². The largest absolute Gasteiger partial charge is 0.342 e. The van der Waals surface area contributed by atoms with Gasteiger partial charge < -0.3 is 5.32 Å². The number of aromatic nitrogens is 1. The van der Waals surface area contributed by atoms with Crippen molar-refractivity contribution < 1.29 is 4.79 Å². The maximum Gasteiger partial charge on any atom is 0.262 e. The minimum absolute atomic E-state index is 0.0474. The van der Waals surface area contributed by atoms with Crippen LogP contribution in [0.2, 0.25) is 0 Å². The van der Waals surface area contributed by atoms with Crippen LogP contribution in [0.25, 0.3) is 0 Å². The molecule has 1 N–H and O–H groups in total. The first-order chi connectivity index (χ1) is 8.09. The summed E-state index contributed by atoms with van der Waals surface area (Å²) in [5.41, 5.74) is 0.569. The first-order valence-electron chi connectivity index (χ1n) is 5.36. The minimum Gasteiger partial charge on any atom is -0.342 e. The quantitative estimate of drug-likeness (QED) is 0.904. The molecule has 1 amide bonds. The maximum atomic E-state index is 12.0. The van der Waals surface area contributed by atoms with Crippen LogP contribution in [0.3, 0.4) is 0 Å². The number of nitrogens with one attached hydrogen (secondary N) is 1. The van der Waals surface area contributed by atoms with E-state index in [4.69, 9.17) is 0 Å². The molecule has 0 aliphatic carbocycles. The predicted molar refractivity (Wildman–Crippen MR) is 69.0 cm³/mol. The van der Waals surface area contributed by atoms with E-state index in [1.165, 1.54) is 11.3 Å². The Morgan fingerprint density at radius 3 is 2.76 bits per heavy atom. The van der Waals surface area contributed by atoms with E-state index in [0.717, 1.165) is 10.4 Å². The summed E-state index contributed by atoms with van der Waals surface area (Å²) in [5, 5.41) is 4.90. The fourth-order valence-electron chi connectivity index (χ4n) is 1.56. The topological polar surface area (TPSA) is 42.0 Å². The molecule has 0 aliphatic rings. The Labute approximate surface area is 105 Å². The first-order valence-corrected chi connectivity index (χ1v) is 6.24. The van der Waals surface area contributed by atoms with Gasteiger partial charge in [-0.3, -0.25) is 9.78 Å². The van der Waals surface area contributed by atoms with Crippen molar-refractivity contribution in [1.82, 2.24) is 10.3 Å². The number of rotatable bonds is 3. The monoisotopic (exact) mass is 246 g/mol. The third-order valence-electron chi connectivity index (χ3n) is 2.55. The maximum absolute atomic E-state index is 12.0. The Hall–Kier alpha value is -1.68. The van der Waals surface area contributed by atoms with Crippen LogP contribution in [0.15, 0.2) is 42.0 Å². The summed E-state index contributed by atoms with van der Waals surface area (Å²) in [6.07, 6.45) is 3.50. The lowest BCUT2D eigenvalue weighted by atomic mass is 9.96. The summed E-state index contributed by atoms with van der Waals surface area (Å²) in [4.78, 5) is 16.8. The molecule has 2 heterocycles. The van der Waals surface area contributed by atoms with E-state index in [9.17, 15) is 4.79 Å². The molecule has 2 aromatic rings. The Morgan fingerprint density at radius 1 is 1.35 bits per heavy atom. The van der Waals surface area contributed by atoms with Gasteiger partial charge in [0.05, 0.1) is 10.4 Å². The Kier molecular flexibility index (Phi) is 3.24. The van der Waals surface area contributed by atoms with Crippen molar-refractivity contribution in [3.05, 3.63) is 52.5 Å². The molecule has 2 aromatic heterocycles. The molecule has 0 aliphatic heterocycles. The Bertz CT molecular complexity index is 491. The van der Waals surface area contributed by atoms with Crippen molar-refractivity contribution in [1.29, 1.82) is 0 Å². The second-order valence-corrected chi connectivity index (χ2v) is 5.25. The van der Waals surface area contributed by atoms with Crippen molar-refractivity contribution in [2.24, 2.45) is 0 Å². The number of thiophene rings is 1.